The summed E-state index contributed by atoms with van der Waals surface area (Å²) in [7, 11) is 0. The molecule has 1 aromatic rings. The van der Waals surface area contributed by atoms with Crippen LogP contribution in [0.2, 0.25) is 0 Å². The van der Waals surface area contributed by atoms with Crippen molar-refractivity contribution < 1.29 is 14.3 Å². The molecule has 0 saturated carbocycles. The fourth-order valence-electron chi connectivity index (χ4n) is 2.55. The molecule has 2 heterocycles. The van der Waals surface area contributed by atoms with Gasteiger partial charge in [0.05, 0.1) is 6.61 Å². The molecule has 6 heteroatoms. The van der Waals surface area contributed by atoms with Crippen LogP contribution >= 0.6 is 0 Å². The number of carbonyl (C=O) groups is 2. The predicted molar refractivity (Wildman–Crippen MR) is 77.4 cm³/mol. The van der Waals surface area contributed by atoms with E-state index in [4.69, 9.17) is 4.74 Å². The minimum atomic E-state index is -0.451. The van der Waals surface area contributed by atoms with Crippen molar-refractivity contribution in [2.75, 3.05) is 32.8 Å². The molecule has 21 heavy (non-hydrogen) atoms. The third kappa shape index (κ3) is 3.78. The van der Waals surface area contributed by atoms with Gasteiger partial charge in [0, 0.05) is 45.5 Å². The number of nitrogens with zero attached hydrogens (tertiary/aromatic N) is 3. The zero-order valence-electron chi connectivity index (χ0n) is 12.5. The largest absolute Gasteiger partial charge is 0.465 e. The van der Waals surface area contributed by atoms with E-state index in [1.807, 2.05) is 12.1 Å². The number of amides is 1. The molecule has 2 rings (SSSR count). The monoisotopic (exact) mass is 291 g/mol. The standard InChI is InChI=1S/C15H21N3O3/c1-3-21-15(20)14(13-5-4-6-16-11-13)18-9-7-17(8-10-18)12(2)19/h4-6,11,14H,3,7-10H2,1-2H3. The van der Waals surface area contributed by atoms with Gasteiger partial charge in [-0.25, -0.2) is 4.79 Å². The third-order valence-electron chi connectivity index (χ3n) is 3.63. The molecule has 0 bridgehead atoms. The Morgan fingerprint density at radius 1 is 1.33 bits per heavy atom. The van der Waals surface area contributed by atoms with Crippen LogP contribution in [0, 0.1) is 0 Å². The van der Waals surface area contributed by atoms with Crippen LogP contribution in [0.15, 0.2) is 24.5 Å². The second-order valence-electron chi connectivity index (χ2n) is 4.98. The Balaban J connectivity index is 2.13. The van der Waals surface area contributed by atoms with Crippen LogP contribution in [0.25, 0.3) is 0 Å². The Morgan fingerprint density at radius 3 is 2.57 bits per heavy atom. The fraction of sp³-hybridized carbons (Fsp3) is 0.533. The first-order valence-corrected chi connectivity index (χ1v) is 7.19. The molecule has 1 saturated heterocycles. The van der Waals surface area contributed by atoms with Gasteiger partial charge < -0.3 is 9.64 Å². The van der Waals surface area contributed by atoms with Gasteiger partial charge in [-0.3, -0.25) is 14.7 Å². The van der Waals surface area contributed by atoms with Gasteiger partial charge in [-0.15, -0.1) is 0 Å². The molecule has 0 aliphatic carbocycles. The molecule has 1 aliphatic rings. The average molecular weight is 291 g/mol. The van der Waals surface area contributed by atoms with Gasteiger partial charge >= 0.3 is 5.97 Å². The predicted octanol–water partition coefficient (Wildman–Crippen LogP) is 0.850. The Morgan fingerprint density at radius 2 is 2.05 bits per heavy atom. The van der Waals surface area contributed by atoms with Gasteiger partial charge in [0.2, 0.25) is 5.91 Å². The van der Waals surface area contributed by atoms with Gasteiger partial charge in [0.1, 0.15) is 6.04 Å². The highest BCUT2D eigenvalue weighted by Gasteiger charge is 2.32. The van der Waals surface area contributed by atoms with Gasteiger partial charge in [-0.05, 0) is 18.6 Å². The summed E-state index contributed by atoms with van der Waals surface area (Å²) >= 11 is 0. The van der Waals surface area contributed by atoms with Crippen molar-refractivity contribution in [1.29, 1.82) is 0 Å². The number of esters is 1. The minimum absolute atomic E-state index is 0.0729. The molecule has 0 N–H and O–H groups in total. The maximum atomic E-state index is 12.3. The van der Waals surface area contributed by atoms with Gasteiger partial charge in [0.15, 0.2) is 0 Å². The Kier molecular flexibility index (Phi) is 5.27. The summed E-state index contributed by atoms with van der Waals surface area (Å²) in [5.74, 6) is -0.189. The molecule has 1 atom stereocenters. The highest BCUT2D eigenvalue weighted by molar-refractivity contribution is 5.77. The van der Waals surface area contributed by atoms with Crippen LogP contribution in [0.3, 0.4) is 0 Å². The summed E-state index contributed by atoms with van der Waals surface area (Å²) in [4.78, 5) is 31.6. The van der Waals surface area contributed by atoms with Crippen molar-refractivity contribution in [3.8, 4) is 0 Å². The lowest BCUT2D eigenvalue weighted by atomic mass is 10.1. The zero-order chi connectivity index (χ0) is 15.2. The highest BCUT2D eigenvalue weighted by atomic mass is 16.5. The Hall–Kier alpha value is -1.95. The third-order valence-corrected chi connectivity index (χ3v) is 3.63. The first-order valence-electron chi connectivity index (χ1n) is 7.19. The molecule has 0 spiro atoms. The van der Waals surface area contributed by atoms with Crippen molar-refractivity contribution in [3.63, 3.8) is 0 Å². The number of hydrogen-bond donors (Lipinski definition) is 0. The van der Waals surface area contributed by atoms with E-state index in [0.717, 1.165) is 5.56 Å². The maximum absolute atomic E-state index is 12.3. The maximum Gasteiger partial charge on any atom is 0.328 e. The van der Waals surface area contributed by atoms with Gasteiger partial charge in [-0.2, -0.15) is 0 Å². The van der Waals surface area contributed by atoms with Gasteiger partial charge in [0.25, 0.3) is 0 Å². The van der Waals surface area contributed by atoms with E-state index in [1.54, 1.807) is 31.1 Å². The van der Waals surface area contributed by atoms with E-state index < -0.39 is 6.04 Å². The molecule has 114 valence electrons. The lowest BCUT2D eigenvalue weighted by Crippen LogP contribution is -2.50. The number of hydrogen-bond acceptors (Lipinski definition) is 5. The van der Waals surface area contributed by atoms with E-state index in [1.165, 1.54) is 0 Å². The molecule has 0 radical (unpaired) electrons. The second-order valence-corrected chi connectivity index (χ2v) is 4.98. The molecule has 1 aliphatic heterocycles. The lowest BCUT2D eigenvalue weighted by molar-refractivity contribution is -0.151. The summed E-state index contributed by atoms with van der Waals surface area (Å²) in [5, 5.41) is 0. The van der Waals surface area contributed by atoms with Crippen molar-refractivity contribution in [2.45, 2.75) is 19.9 Å². The molecule has 1 amide bonds. The van der Waals surface area contributed by atoms with E-state index in [0.29, 0.717) is 32.8 Å². The topological polar surface area (TPSA) is 62.7 Å². The number of piperazine rings is 1. The van der Waals surface area contributed by atoms with E-state index in [2.05, 4.69) is 9.88 Å². The molecular weight excluding hydrogens is 270 g/mol. The number of aromatic nitrogens is 1. The molecule has 6 nitrogen and oxygen atoms in total. The summed E-state index contributed by atoms with van der Waals surface area (Å²) in [6, 6.07) is 3.24. The molecular formula is C15H21N3O3. The van der Waals surface area contributed by atoms with Crippen LogP contribution in [0.5, 0.6) is 0 Å². The molecule has 1 unspecified atom stereocenters. The van der Waals surface area contributed by atoms with Crippen molar-refractivity contribution >= 4 is 11.9 Å². The quantitative estimate of drug-likeness (QED) is 0.770. The van der Waals surface area contributed by atoms with Crippen molar-refractivity contribution in [1.82, 2.24) is 14.8 Å². The summed E-state index contributed by atoms with van der Waals surface area (Å²) < 4.78 is 5.20. The fourth-order valence-corrected chi connectivity index (χ4v) is 2.55. The molecule has 1 fully saturated rings. The summed E-state index contributed by atoms with van der Waals surface area (Å²) in [6.45, 7) is 6.28. The smallest absolute Gasteiger partial charge is 0.328 e. The summed E-state index contributed by atoms with van der Waals surface area (Å²) in [5.41, 5.74) is 0.826. The van der Waals surface area contributed by atoms with Crippen molar-refractivity contribution in [2.24, 2.45) is 0 Å². The van der Waals surface area contributed by atoms with Crippen molar-refractivity contribution in [3.05, 3.63) is 30.1 Å². The minimum Gasteiger partial charge on any atom is -0.465 e. The molecule has 1 aromatic heterocycles. The Bertz CT molecular complexity index is 484. The average Bonchev–Trinajstić information content (AvgIpc) is 2.49. The number of carbonyl (C=O) groups excluding carboxylic acids is 2. The first-order chi connectivity index (χ1) is 10.1. The lowest BCUT2D eigenvalue weighted by Gasteiger charge is -2.37. The summed E-state index contributed by atoms with van der Waals surface area (Å²) in [6.07, 6.45) is 3.37. The zero-order valence-corrected chi connectivity index (χ0v) is 12.5. The van der Waals surface area contributed by atoms with Crippen LogP contribution in [0.4, 0.5) is 0 Å². The van der Waals surface area contributed by atoms with Crippen LogP contribution < -0.4 is 0 Å². The first kappa shape index (κ1) is 15.4. The number of rotatable bonds is 4. The van der Waals surface area contributed by atoms with Crippen LogP contribution in [0.1, 0.15) is 25.5 Å². The normalized spacial score (nSPS) is 17.3. The second kappa shape index (κ2) is 7.17. The van der Waals surface area contributed by atoms with Crippen LogP contribution in [-0.4, -0.2) is 59.4 Å². The van der Waals surface area contributed by atoms with Crippen LogP contribution in [-0.2, 0) is 14.3 Å². The SMILES string of the molecule is CCOC(=O)C(c1cccnc1)N1CCN(C(C)=O)CC1. The highest BCUT2D eigenvalue weighted by Crippen LogP contribution is 2.23. The molecule has 0 aromatic carbocycles. The van der Waals surface area contributed by atoms with E-state index in [9.17, 15) is 9.59 Å². The Labute approximate surface area is 124 Å². The number of pyridine rings is 1. The van der Waals surface area contributed by atoms with E-state index in [-0.39, 0.29) is 11.9 Å². The number of ether oxygens (including phenoxy) is 1. The van der Waals surface area contributed by atoms with E-state index >= 15 is 0 Å². The van der Waals surface area contributed by atoms with Gasteiger partial charge in [-0.1, -0.05) is 6.07 Å².